The van der Waals surface area contributed by atoms with Gasteiger partial charge in [-0.15, -0.1) is 0 Å². The number of methoxy groups -OCH3 is 1. The number of benzene rings is 4. The third kappa shape index (κ3) is 5.83. The van der Waals surface area contributed by atoms with E-state index < -0.39 is 0 Å². The highest BCUT2D eigenvalue weighted by atomic mass is 35.5. The predicted octanol–water partition coefficient (Wildman–Crippen LogP) is 9.13. The summed E-state index contributed by atoms with van der Waals surface area (Å²) in [6, 6.07) is 32.4. The smallest absolute Gasteiger partial charge is 0.238 e. The number of aliphatic imine (C=N–C) groups is 1. The fraction of sp³-hybridized carbons (Fsp3) is 0.0625. The van der Waals surface area contributed by atoms with E-state index in [1.165, 1.54) is 0 Å². The van der Waals surface area contributed by atoms with Gasteiger partial charge in [0.05, 0.1) is 7.11 Å². The normalized spacial score (nSPS) is 10.9. The van der Waals surface area contributed by atoms with Gasteiger partial charge in [-0.05, 0) is 41.5 Å². The van der Waals surface area contributed by atoms with E-state index in [4.69, 9.17) is 37.1 Å². The van der Waals surface area contributed by atoms with Crippen molar-refractivity contribution in [3.05, 3.63) is 124 Å². The lowest BCUT2D eigenvalue weighted by Gasteiger charge is -2.12. The van der Waals surface area contributed by atoms with E-state index in [1.807, 2.05) is 72.8 Å². The number of hydrogen-bond acceptors (Lipinski definition) is 5. The summed E-state index contributed by atoms with van der Waals surface area (Å²) >= 11 is 12.2. The maximum Gasteiger partial charge on any atom is 0.238 e. The molecule has 0 amide bonds. The van der Waals surface area contributed by atoms with Gasteiger partial charge in [0.25, 0.3) is 0 Å². The average molecular weight is 553 g/mol. The minimum atomic E-state index is 0.229. The van der Waals surface area contributed by atoms with E-state index in [1.54, 1.807) is 37.6 Å². The summed E-state index contributed by atoms with van der Waals surface area (Å²) in [5.41, 5.74) is 4.35. The molecule has 0 unspecified atom stereocenters. The molecule has 0 N–H and O–H groups in total. The lowest BCUT2D eigenvalue weighted by atomic mass is 9.98. The molecule has 0 radical (unpaired) electrons. The Balaban J connectivity index is 1.45. The van der Waals surface area contributed by atoms with Gasteiger partial charge >= 0.3 is 0 Å². The van der Waals surface area contributed by atoms with E-state index in [0.717, 1.165) is 22.3 Å². The van der Waals surface area contributed by atoms with Crippen molar-refractivity contribution in [1.82, 2.24) is 0 Å². The second-order valence-corrected chi connectivity index (χ2v) is 9.37. The standard InChI is InChI=1S/C32H22Cl2N2O3/c1-37-29-16-21(12-15-28(29)38-20-24-13-14-25(33)17-27(24)34)19-36-32-26(18-35)30(22-8-4-2-5-9-22)31(39-32)23-10-6-3-7-11-23/h2-17,19H,20H2,1H3. The third-order valence-electron chi connectivity index (χ3n) is 6.02. The van der Waals surface area contributed by atoms with Crippen molar-refractivity contribution >= 4 is 35.3 Å². The molecule has 0 fully saturated rings. The first-order valence-electron chi connectivity index (χ1n) is 12.0. The molecule has 1 heterocycles. The van der Waals surface area contributed by atoms with Gasteiger partial charge in [0.2, 0.25) is 5.88 Å². The van der Waals surface area contributed by atoms with Gasteiger partial charge in [-0.3, -0.25) is 0 Å². The highest BCUT2D eigenvalue weighted by Gasteiger charge is 2.22. The topological polar surface area (TPSA) is 67.8 Å². The molecule has 7 heteroatoms. The van der Waals surface area contributed by atoms with Crippen LogP contribution in [0.15, 0.2) is 106 Å². The molecular weight excluding hydrogens is 531 g/mol. The Morgan fingerprint density at radius 3 is 2.26 bits per heavy atom. The van der Waals surface area contributed by atoms with E-state index in [2.05, 4.69) is 11.1 Å². The zero-order valence-electron chi connectivity index (χ0n) is 20.9. The van der Waals surface area contributed by atoms with Crippen LogP contribution in [-0.2, 0) is 6.61 Å². The van der Waals surface area contributed by atoms with Crippen LogP contribution >= 0.6 is 23.2 Å². The van der Waals surface area contributed by atoms with Crippen LogP contribution < -0.4 is 9.47 Å². The molecular formula is C32H22Cl2N2O3. The summed E-state index contributed by atoms with van der Waals surface area (Å²) in [6.07, 6.45) is 1.63. The zero-order chi connectivity index (χ0) is 27.2. The van der Waals surface area contributed by atoms with Crippen molar-refractivity contribution in [2.24, 2.45) is 4.99 Å². The molecule has 0 aliphatic heterocycles. The number of rotatable bonds is 8. The van der Waals surface area contributed by atoms with Gasteiger partial charge < -0.3 is 13.9 Å². The maximum absolute atomic E-state index is 10.1. The van der Waals surface area contributed by atoms with Crippen LogP contribution in [0, 0.1) is 11.3 Å². The van der Waals surface area contributed by atoms with Crippen molar-refractivity contribution in [2.75, 3.05) is 7.11 Å². The number of halogens is 2. The number of hydrogen-bond donors (Lipinski definition) is 0. The number of furan rings is 1. The van der Waals surface area contributed by atoms with Crippen molar-refractivity contribution in [2.45, 2.75) is 6.61 Å². The van der Waals surface area contributed by atoms with Crippen LogP contribution in [-0.4, -0.2) is 13.3 Å². The Bertz CT molecular complexity index is 1670. The lowest BCUT2D eigenvalue weighted by Crippen LogP contribution is -1.99. The van der Waals surface area contributed by atoms with Gasteiger partial charge in [0, 0.05) is 33.0 Å². The SMILES string of the molecule is COc1cc(C=Nc2oc(-c3ccccc3)c(-c3ccccc3)c2C#N)ccc1OCc1ccc(Cl)cc1Cl. The molecule has 0 atom stereocenters. The first-order chi connectivity index (χ1) is 19.1. The highest BCUT2D eigenvalue weighted by Crippen LogP contribution is 2.42. The van der Waals surface area contributed by atoms with Crippen LogP contribution in [0.2, 0.25) is 10.0 Å². The van der Waals surface area contributed by atoms with Crippen molar-refractivity contribution in [1.29, 1.82) is 5.26 Å². The maximum atomic E-state index is 10.1. The van der Waals surface area contributed by atoms with E-state index >= 15 is 0 Å². The average Bonchev–Trinajstić information content (AvgIpc) is 3.35. The Labute approximate surface area is 236 Å². The molecule has 0 spiro atoms. The molecule has 5 aromatic rings. The summed E-state index contributed by atoms with van der Waals surface area (Å²) in [5, 5.41) is 11.2. The fourth-order valence-corrected chi connectivity index (χ4v) is 4.56. The summed E-state index contributed by atoms with van der Waals surface area (Å²) in [5.74, 6) is 1.90. The molecule has 1 aromatic heterocycles. The van der Waals surface area contributed by atoms with Crippen LogP contribution in [0.25, 0.3) is 22.5 Å². The summed E-state index contributed by atoms with van der Waals surface area (Å²) in [7, 11) is 1.57. The molecule has 0 saturated heterocycles. The van der Waals surface area contributed by atoms with Crippen molar-refractivity contribution < 1.29 is 13.9 Å². The van der Waals surface area contributed by atoms with E-state index in [0.29, 0.717) is 38.4 Å². The molecule has 4 aromatic carbocycles. The van der Waals surface area contributed by atoms with Gasteiger partial charge in [-0.1, -0.05) is 89.9 Å². The van der Waals surface area contributed by atoms with Gasteiger partial charge in [-0.2, -0.15) is 5.26 Å². The largest absolute Gasteiger partial charge is 0.493 e. The van der Waals surface area contributed by atoms with E-state index in [-0.39, 0.29) is 12.5 Å². The molecule has 192 valence electrons. The van der Waals surface area contributed by atoms with Crippen LogP contribution in [0.1, 0.15) is 16.7 Å². The quantitative estimate of drug-likeness (QED) is 0.180. The Morgan fingerprint density at radius 2 is 1.59 bits per heavy atom. The summed E-state index contributed by atoms with van der Waals surface area (Å²) < 4.78 is 17.7. The molecule has 0 bridgehead atoms. The van der Waals surface area contributed by atoms with Crippen molar-refractivity contribution in [3.63, 3.8) is 0 Å². The molecule has 39 heavy (non-hydrogen) atoms. The number of nitriles is 1. The van der Waals surface area contributed by atoms with Gasteiger partial charge in [0.1, 0.15) is 24.0 Å². The Kier molecular flexibility index (Phi) is 7.98. The fourth-order valence-electron chi connectivity index (χ4n) is 4.10. The second-order valence-electron chi connectivity index (χ2n) is 8.52. The van der Waals surface area contributed by atoms with Crippen LogP contribution in [0.5, 0.6) is 11.5 Å². The Hall–Kier alpha value is -4.50. The Morgan fingerprint density at radius 1 is 0.872 bits per heavy atom. The minimum absolute atomic E-state index is 0.229. The minimum Gasteiger partial charge on any atom is -0.493 e. The number of ether oxygens (including phenoxy) is 2. The van der Waals surface area contributed by atoms with Crippen LogP contribution in [0.4, 0.5) is 5.88 Å². The van der Waals surface area contributed by atoms with E-state index in [9.17, 15) is 5.26 Å². The molecule has 0 saturated carbocycles. The molecule has 0 aliphatic rings. The molecule has 0 aliphatic carbocycles. The van der Waals surface area contributed by atoms with Crippen LogP contribution in [0.3, 0.4) is 0 Å². The van der Waals surface area contributed by atoms with Crippen molar-refractivity contribution in [3.8, 4) is 40.0 Å². The monoisotopic (exact) mass is 552 g/mol. The third-order valence-corrected chi connectivity index (χ3v) is 6.60. The zero-order valence-corrected chi connectivity index (χ0v) is 22.4. The summed E-state index contributed by atoms with van der Waals surface area (Å²) in [4.78, 5) is 4.56. The first-order valence-corrected chi connectivity index (χ1v) is 12.8. The molecule has 5 nitrogen and oxygen atoms in total. The second kappa shape index (κ2) is 11.9. The highest BCUT2D eigenvalue weighted by molar-refractivity contribution is 6.35. The molecule has 5 rings (SSSR count). The summed E-state index contributed by atoms with van der Waals surface area (Å²) in [6.45, 7) is 0.252. The van der Waals surface area contributed by atoms with Gasteiger partial charge in [0.15, 0.2) is 11.5 Å². The lowest BCUT2D eigenvalue weighted by molar-refractivity contribution is 0.284. The first kappa shape index (κ1) is 26.1. The predicted molar refractivity (Wildman–Crippen MR) is 155 cm³/mol. The van der Waals surface area contributed by atoms with Gasteiger partial charge in [-0.25, -0.2) is 4.99 Å². The number of nitrogens with zero attached hydrogens (tertiary/aromatic N) is 2.